The lowest BCUT2D eigenvalue weighted by Crippen LogP contribution is -2.38. The van der Waals surface area contributed by atoms with Crippen LogP contribution in [0.5, 0.6) is 0 Å². The summed E-state index contributed by atoms with van der Waals surface area (Å²) >= 11 is 2.01. The van der Waals surface area contributed by atoms with Crippen molar-refractivity contribution in [2.75, 3.05) is 18.8 Å². The van der Waals surface area contributed by atoms with Gasteiger partial charge in [0.05, 0.1) is 5.92 Å². The average molecular weight is 305 g/mol. The summed E-state index contributed by atoms with van der Waals surface area (Å²) in [5.41, 5.74) is 1.16. The van der Waals surface area contributed by atoms with Crippen LogP contribution in [0.15, 0.2) is 30.3 Å². The van der Waals surface area contributed by atoms with Crippen LogP contribution in [0.4, 0.5) is 0 Å². The molecule has 2 rings (SSSR count). The maximum absolute atomic E-state index is 12.9. The molecular formula is C18H27NOS. The van der Waals surface area contributed by atoms with Crippen molar-refractivity contribution < 1.29 is 4.79 Å². The molecule has 0 spiro atoms. The smallest absolute Gasteiger partial charge is 0.230 e. The van der Waals surface area contributed by atoms with E-state index in [2.05, 4.69) is 30.9 Å². The number of thioether (sulfide) groups is 1. The van der Waals surface area contributed by atoms with Crippen LogP contribution in [0, 0.1) is 0 Å². The summed E-state index contributed by atoms with van der Waals surface area (Å²) in [5, 5.41) is 0.620. The Morgan fingerprint density at radius 2 is 2.05 bits per heavy atom. The first kappa shape index (κ1) is 16.4. The van der Waals surface area contributed by atoms with Gasteiger partial charge in [0, 0.05) is 18.3 Å². The third-order valence-electron chi connectivity index (χ3n) is 4.25. The zero-order chi connectivity index (χ0) is 15.1. The van der Waals surface area contributed by atoms with Gasteiger partial charge in [-0.1, -0.05) is 50.6 Å². The van der Waals surface area contributed by atoms with Crippen molar-refractivity contribution in [2.45, 2.75) is 50.7 Å². The molecule has 1 saturated heterocycles. The number of nitrogens with zero attached hydrogens (tertiary/aromatic N) is 1. The number of benzene rings is 1. The van der Waals surface area contributed by atoms with E-state index >= 15 is 0 Å². The second kappa shape index (κ2) is 8.47. The maximum atomic E-state index is 12.9. The molecule has 1 amide bonds. The first-order valence-electron chi connectivity index (χ1n) is 8.21. The molecule has 1 aromatic carbocycles. The molecule has 1 aliphatic heterocycles. The van der Waals surface area contributed by atoms with Crippen molar-refractivity contribution in [1.82, 2.24) is 4.90 Å². The minimum absolute atomic E-state index is 0.0246. The summed E-state index contributed by atoms with van der Waals surface area (Å²) in [6.45, 7) is 6.19. The van der Waals surface area contributed by atoms with Crippen molar-refractivity contribution in [3.63, 3.8) is 0 Å². The fraction of sp³-hybridized carbons (Fsp3) is 0.611. The SMILES string of the molecule is CCSC1CCCCN(C(=O)C(CC)c2ccccc2)C1. The minimum atomic E-state index is 0.0246. The van der Waals surface area contributed by atoms with Crippen molar-refractivity contribution >= 4 is 17.7 Å². The Bertz CT molecular complexity index is 434. The van der Waals surface area contributed by atoms with Gasteiger partial charge in [0.2, 0.25) is 5.91 Å². The number of rotatable bonds is 5. The molecule has 116 valence electrons. The zero-order valence-corrected chi connectivity index (χ0v) is 14.1. The number of amides is 1. The number of carbonyl (C=O) groups is 1. The minimum Gasteiger partial charge on any atom is -0.341 e. The third kappa shape index (κ3) is 4.50. The summed E-state index contributed by atoms with van der Waals surface area (Å²) in [6.07, 6.45) is 4.54. The summed E-state index contributed by atoms with van der Waals surface area (Å²) < 4.78 is 0. The molecule has 0 radical (unpaired) electrons. The molecular weight excluding hydrogens is 278 g/mol. The Balaban J connectivity index is 2.08. The van der Waals surface area contributed by atoms with Crippen LogP contribution in [0.1, 0.15) is 51.0 Å². The normalized spacial score (nSPS) is 20.9. The fourth-order valence-electron chi connectivity index (χ4n) is 3.13. The van der Waals surface area contributed by atoms with Gasteiger partial charge >= 0.3 is 0 Å². The average Bonchev–Trinajstić information content (AvgIpc) is 2.75. The molecule has 1 fully saturated rings. The van der Waals surface area contributed by atoms with Crippen LogP contribution < -0.4 is 0 Å². The van der Waals surface area contributed by atoms with E-state index in [0.717, 1.165) is 37.2 Å². The topological polar surface area (TPSA) is 20.3 Å². The van der Waals surface area contributed by atoms with Gasteiger partial charge in [-0.05, 0) is 30.6 Å². The van der Waals surface area contributed by atoms with Crippen molar-refractivity contribution in [3.8, 4) is 0 Å². The van der Waals surface area contributed by atoms with E-state index in [1.807, 2.05) is 30.0 Å². The van der Waals surface area contributed by atoms with Gasteiger partial charge in [0.1, 0.15) is 0 Å². The summed E-state index contributed by atoms with van der Waals surface area (Å²) in [4.78, 5) is 15.1. The molecule has 1 heterocycles. The van der Waals surface area contributed by atoms with E-state index < -0.39 is 0 Å². The molecule has 0 aliphatic carbocycles. The molecule has 21 heavy (non-hydrogen) atoms. The molecule has 0 bridgehead atoms. The van der Waals surface area contributed by atoms with Crippen LogP contribution in [0.25, 0.3) is 0 Å². The van der Waals surface area contributed by atoms with Gasteiger partial charge in [-0.15, -0.1) is 0 Å². The van der Waals surface area contributed by atoms with Crippen LogP contribution in [-0.4, -0.2) is 34.9 Å². The van der Waals surface area contributed by atoms with E-state index in [0.29, 0.717) is 11.2 Å². The lowest BCUT2D eigenvalue weighted by atomic mass is 9.95. The van der Waals surface area contributed by atoms with E-state index in [1.54, 1.807) is 0 Å². The maximum Gasteiger partial charge on any atom is 0.230 e. The highest BCUT2D eigenvalue weighted by Gasteiger charge is 2.27. The predicted molar refractivity (Wildman–Crippen MR) is 91.8 cm³/mol. The van der Waals surface area contributed by atoms with Crippen LogP contribution in [0.3, 0.4) is 0 Å². The second-order valence-corrected chi connectivity index (χ2v) is 7.31. The lowest BCUT2D eigenvalue weighted by Gasteiger charge is -2.28. The van der Waals surface area contributed by atoms with E-state index in [1.165, 1.54) is 12.8 Å². The highest BCUT2D eigenvalue weighted by atomic mass is 32.2. The molecule has 1 aromatic rings. The first-order valence-corrected chi connectivity index (χ1v) is 9.26. The van der Waals surface area contributed by atoms with Gasteiger partial charge in [-0.2, -0.15) is 11.8 Å². The van der Waals surface area contributed by atoms with Gasteiger partial charge < -0.3 is 4.90 Å². The molecule has 2 unspecified atom stereocenters. The van der Waals surface area contributed by atoms with Gasteiger partial charge in [-0.25, -0.2) is 0 Å². The fourth-order valence-corrected chi connectivity index (χ4v) is 4.22. The number of hydrogen-bond acceptors (Lipinski definition) is 2. The Morgan fingerprint density at radius 1 is 1.29 bits per heavy atom. The van der Waals surface area contributed by atoms with E-state index in [4.69, 9.17) is 0 Å². The van der Waals surface area contributed by atoms with Crippen LogP contribution >= 0.6 is 11.8 Å². The monoisotopic (exact) mass is 305 g/mol. The molecule has 0 saturated carbocycles. The first-order chi connectivity index (χ1) is 10.3. The van der Waals surface area contributed by atoms with Gasteiger partial charge in [0.25, 0.3) is 0 Å². The number of carbonyl (C=O) groups excluding carboxylic acids is 1. The second-order valence-electron chi connectivity index (χ2n) is 5.73. The predicted octanol–water partition coefficient (Wildman–Crippen LogP) is 4.31. The molecule has 0 N–H and O–H groups in total. The van der Waals surface area contributed by atoms with Crippen molar-refractivity contribution in [2.24, 2.45) is 0 Å². The number of likely N-dealkylation sites (tertiary alicyclic amines) is 1. The third-order valence-corrected chi connectivity index (χ3v) is 5.44. The molecule has 3 heteroatoms. The Kier molecular flexibility index (Phi) is 6.62. The van der Waals surface area contributed by atoms with E-state index in [-0.39, 0.29) is 5.92 Å². The molecule has 2 nitrogen and oxygen atoms in total. The molecule has 2 atom stereocenters. The van der Waals surface area contributed by atoms with Gasteiger partial charge in [-0.3, -0.25) is 4.79 Å². The Hall–Kier alpha value is -0.960. The van der Waals surface area contributed by atoms with Crippen molar-refractivity contribution in [3.05, 3.63) is 35.9 Å². The largest absolute Gasteiger partial charge is 0.341 e. The highest BCUT2D eigenvalue weighted by Crippen LogP contribution is 2.27. The van der Waals surface area contributed by atoms with E-state index in [9.17, 15) is 4.79 Å². The van der Waals surface area contributed by atoms with Crippen LogP contribution in [-0.2, 0) is 4.79 Å². The Labute approximate surface area is 133 Å². The molecule has 0 aromatic heterocycles. The quantitative estimate of drug-likeness (QED) is 0.807. The summed E-state index contributed by atoms with van der Waals surface area (Å²) in [7, 11) is 0. The zero-order valence-electron chi connectivity index (χ0n) is 13.3. The highest BCUT2D eigenvalue weighted by molar-refractivity contribution is 7.99. The van der Waals surface area contributed by atoms with Crippen molar-refractivity contribution in [1.29, 1.82) is 0 Å². The Morgan fingerprint density at radius 3 is 2.71 bits per heavy atom. The standard InChI is InChI=1S/C18H27NOS/c1-3-17(15-10-6-5-7-11-15)18(20)19-13-9-8-12-16(14-19)21-4-2/h5-7,10-11,16-17H,3-4,8-9,12-14H2,1-2H3. The summed E-state index contributed by atoms with van der Waals surface area (Å²) in [6, 6.07) is 10.2. The van der Waals surface area contributed by atoms with Gasteiger partial charge in [0.15, 0.2) is 0 Å². The summed E-state index contributed by atoms with van der Waals surface area (Å²) in [5.74, 6) is 1.49. The number of hydrogen-bond donors (Lipinski definition) is 0. The lowest BCUT2D eigenvalue weighted by molar-refractivity contribution is -0.132. The molecule has 1 aliphatic rings. The van der Waals surface area contributed by atoms with Crippen LogP contribution in [0.2, 0.25) is 0 Å².